The Bertz CT molecular complexity index is 470. The number of hydrogen-bond donors (Lipinski definition) is 1. The van der Waals surface area contributed by atoms with Crippen molar-refractivity contribution in [3.63, 3.8) is 0 Å². The summed E-state index contributed by atoms with van der Waals surface area (Å²) in [4.78, 5) is 2.49. The molecule has 2 fully saturated rings. The van der Waals surface area contributed by atoms with Crippen LogP contribution in [0.3, 0.4) is 0 Å². The second-order valence-corrected chi connectivity index (χ2v) is 6.37. The van der Waals surface area contributed by atoms with E-state index in [0.717, 1.165) is 18.0 Å². The first kappa shape index (κ1) is 13.9. The van der Waals surface area contributed by atoms with Crippen LogP contribution in [0.5, 0.6) is 5.75 Å². The van der Waals surface area contributed by atoms with Gasteiger partial charge < -0.3 is 5.11 Å². The van der Waals surface area contributed by atoms with Crippen molar-refractivity contribution in [2.24, 2.45) is 5.92 Å². The van der Waals surface area contributed by atoms with Crippen LogP contribution in [0.2, 0.25) is 0 Å². The molecule has 1 N–H and O–H groups in total. The van der Waals surface area contributed by atoms with Crippen LogP contribution in [0.4, 0.5) is 4.39 Å². The van der Waals surface area contributed by atoms with E-state index in [2.05, 4.69) is 11.8 Å². The second-order valence-electron chi connectivity index (χ2n) is 6.37. The fourth-order valence-electron chi connectivity index (χ4n) is 4.18. The molecule has 2 aliphatic rings. The standard InChI is InChI=1S/C17H24FNO/c1-12(15-11-14(18)8-9-17(15)20)19-10-4-7-16(19)13-5-2-3-6-13/h8-9,11-13,16,20H,2-7,10H2,1H3. The number of phenols is 1. The van der Waals surface area contributed by atoms with E-state index in [1.807, 2.05) is 0 Å². The van der Waals surface area contributed by atoms with E-state index < -0.39 is 0 Å². The molecule has 1 aliphatic carbocycles. The van der Waals surface area contributed by atoms with Crippen molar-refractivity contribution in [2.75, 3.05) is 6.54 Å². The van der Waals surface area contributed by atoms with Gasteiger partial charge in [0.15, 0.2) is 0 Å². The molecule has 1 aromatic rings. The number of likely N-dealkylation sites (tertiary alicyclic amines) is 1. The molecule has 0 radical (unpaired) electrons. The highest BCUT2D eigenvalue weighted by Gasteiger charge is 2.36. The molecule has 0 aromatic heterocycles. The van der Waals surface area contributed by atoms with Gasteiger partial charge in [-0.05, 0) is 63.3 Å². The maximum Gasteiger partial charge on any atom is 0.123 e. The van der Waals surface area contributed by atoms with E-state index in [0.29, 0.717) is 6.04 Å². The molecule has 2 nitrogen and oxygen atoms in total. The van der Waals surface area contributed by atoms with Gasteiger partial charge in [0.25, 0.3) is 0 Å². The summed E-state index contributed by atoms with van der Waals surface area (Å²) in [5, 5.41) is 10.0. The van der Waals surface area contributed by atoms with Crippen molar-refractivity contribution >= 4 is 0 Å². The summed E-state index contributed by atoms with van der Waals surface area (Å²) in [6, 6.07) is 5.00. The number of benzene rings is 1. The molecule has 20 heavy (non-hydrogen) atoms. The molecule has 3 heteroatoms. The smallest absolute Gasteiger partial charge is 0.123 e. The number of nitrogens with zero attached hydrogens (tertiary/aromatic N) is 1. The molecule has 2 unspecified atom stereocenters. The minimum Gasteiger partial charge on any atom is -0.508 e. The zero-order chi connectivity index (χ0) is 14.1. The molecule has 1 heterocycles. The molecular formula is C17H24FNO. The van der Waals surface area contributed by atoms with Gasteiger partial charge in [0.05, 0.1) is 0 Å². The second kappa shape index (κ2) is 5.72. The molecule has 110 valence electrons. The van der Waals surface area contributed by atoms with Crippen LogP contribution in [0, 0.1) is 11.7 Å². The first-order chi connectivity index (χ1) is 9.66. The molecule has 3 rings (SSSR count). The van der Waals surface area contributed by atoms with E-state index in [-0.39, 0.29) is 17.6 Å². The normalized spacial score (nSPS) is 26.2. The summed E-state index contributed by atoms with van der Waals surface area (Å²) in [6.07, 6.45) is 7.86. The maximum atomic E-state index is 13.5. The maximum absolute atomic E-state index is 13.5. The monoisotopic (exact) mass is 277 g/mol. The third-order valence-corrected chi connectivity index (χ3v) is 5.22. The van der Waals surface area contributed by atoms with Crippen LogP contribution < -0.4 is 0 Å². The summed E-state index contributed by atoms with van der Waals surface area (Å²) < 4.78 is 13.5. The highest BCUT2D eigenvalue weighted by Crippen LogP contribution is 2.40. The van der Waals surface area contributed by atoms with Crippen LogP contribution in [0.15, 0.2) is 18.2 Å². The largest absolute Gasteiger partial charge is 0.508 e. The third kappa shape index (κ3) is 2.56. The van der Waals surface area contributed by atoms with E-state index in [1.54, 1.807) is 0 Å². The Balaban J connectivity index is 1.81. The van der Waals surface area contributed by atoms with Gasteiger partial charge in [0.1, 0.15) is 11.6 Å². The molecule has 1 saturated carbocycles. The van der Waals surface area contributed by atoms with Crippen LogP contribution in [-0.4, -0.2) is 22.6 Å². The molecule has 0 spiro atoms. The number of halogens is 1. The number of phenolic OH excluding ortho intramolecular Hbond substituents is 1. The summed E-state index contributed by atoms with van der Waals surface area (Å²) in [5.74, 6) is 0.757. The van der Waals surface area contributed by atoms with Gasteiger partial charge in [0.2, 0.25) is 0 Å². The molecular weight excluding hydrogens is 253 g/mol. The lowest BCUT2D eigenvalue weighted by molar-refractivity contribution is 0.142. The van der Waals surface area contributed by atoms with Gasteiger partial charge in [-0.3, -0.25) is 4.90 Å². The topological polar surface area (TPSA) is 23.5 Å². The van der Waals surface area contributed by atoms with Crippen molar-refractivity contribution in [1.82, 2.24) is 4.90 Å². The van der Waals surface area contributed by atoms with Gasteiger partial charge >= 0.3 is 0 Å². The van der Waals surface area contributed by atoms with Crippen molar-refractivity contribution in [1.29, 1.82) is 0 Å². The van der Waals surface area contributed by atoms with Crippen LogP contribution in [-0.2, 0) is 0 Å². The van der Waals surface area contributed by atoms with Crippen LogP contribution in [0.1, 0.15) is 57.1 Å². The van der Waals surface area contributed by atoms with E-state index in [4.69, 9.17) is 0 Å². The Kier molecular flexibility index (Phi) is 3.97. The summed E-state index contributed by atoms with van der Waals surface area (Å²) in [5.41, 5.74) is 0.731. The van der Waals surface area contributed by atoms with Crippen molar-refractivity contribution in [2.45, 2.75) is 57.5 Å². The fourth-order valence-corrected chi connectivity index (χ4v) is 4.18. The van der Waals surface area contributed by atoms with Crippen LogP contribution in [0.25, 0.3) is 0 Å². The Morgan fingerprint density at radius 1 is 1.20 bits per heavy atom. The predicted octanol–water partition coefficient (Wildman–Crippen LogP) is 4.25. The molecule has 0 amide bonds. The van der Waals surface area contributed by atoms with Crippen molar-refractivity contribution in [3.05, 3.63) is 29.6 Å². The Morgan fingerprint density at radius 2 is 1.95 bits per heavy atom. The Labute approximate surface area is 120 Å². The average Bonchev–Trinajstić information content (AvgIpc) is 3.10. The summed E-state index contributed by atoms with van der Waals surface area (Å²) in [7, 11) is 0. The van der Waals surface area contributed by atoms with Crippen LogP contribution >= 0.6 is 0 Å². The van der Waals surface area contributed by atoms with Gasteiger partial charge in [-0.25, -0.2) is 4.39 Å². The minimum absolute atomic E-state index is 0.0961. The quantitative estimate of drug-likeness (QED) is 0.893. The SMILES string of the molecule is CC(c1cc(F)ccc1O)N1CCCC1C1CCCC1. The number of rotatable bonds is 3. The lowest BCUT2D eigenvalue weighted by Gasteiger charge is -2.34. The highest BCUT2D eigenvalue weighted by atomic mass is 19.1. The van der Waals surface area contributed by atoms with Gasteiger partial charge in [-0.15, -0.1) is 0 Å². The summed E-state index contributed by atoms with van der Waals surface area (Å²) in [6.45, 7) is 3.17. The lowest BCUT2D eigenvalue weighted by Crippen LogP contribution is -2.36. The van der Waals surface area contributed by atoms with Gasteiger partial charge in [-0.1, -0.05) is 12.8 Å². The van der Waals surface area contributed by atoms with Gasteiger partial charge in [-0.2, -0.15) is 0 Å². The zero-order valence-electron chi connectivity index (χ0n) is 12.2. The molecule has 1 aromatic carbocycles. The van der Waals surface area contributed by atoms with Gasteiger partial charge in [0, 0.05) is 17.6 Å². The Morgan fingerprint density at radius 3 is 2.70 bits per heavy atom. The zero-order valence-corrected chi connectivity index (χ0v) is 12.2. The fraction of sp³-hybridized carbons (Fsp3) is 0.647. The first-order valence-corrected chi connectivity index (χ1v) is 7.91. The molecule has 1 saturated heterocycles. The lowest BCUT2D eigenvalue weighted by atomic mass is 9.94. The third-order valence-electron chi connectivity index (χ3n) is 5.22. The molecule has 1 aliphatic heterocycles. The van der Waals surface area contributed by atoms with Crippen molar-refractivity contribution in [3.8, 4) is 5.75 Å². The van der Waals surface area contributed by atoms with Crippen molar-refractivity contribution < 1.29 is 9.50 Å². The molecule has 0 bridgehead atoms. The predicted molar refractivity (Wildman–Crippen MR) is 78.2 cm³/mol. The van der Waals surface area contributed by atoms with E-state index in [9.17, 15) is 9.50 Å². The van der Waals surface area contributed by atoms with E-state index >= 15 is 0 Å². The number of hydrogen-bond acceptors (Lipinski definition) is 2. The Hall–Kier alpha value is -1.09. The minimum atomic E-state index is -0.263. The summed E-state index contributed by atoms with van der Waals surface area (Å²) >= 11 is 0. The number of aromatic hydroxyl groups is 1. The first-order valence-electron chi connectivity index (χ1n) is 7.91. The van der Waals surface area contributed by atoms with E-state index in [1.165, 1.54) is 56.7 Å². The molecule has 2 atom stereocenters. The average molecular weight is 277 g/mol. The highest BCUT2D eigenvalue weighted by molar-refractivity contribution is 5.35.